The number of hydrogen-bond acceptors (Lipinski definition) is 2. The summed E-state index contributed by atoms with van der Waals surface area (Å²) in [5, 5.41) is 3.51. The predicted octanol–water partition coefficient (Wildman–Crippen LogP) is 2.82. The lowest BCUT2D eigenvalue weighted by Gasteiger charge is -2.61. The first-order valence-electron chi connectivity index (χ1n) is 7.24. The highest BCUT2D eigenvalue weighted by atomic mass is 15.3. The third-order valence-corrected chi connectivity index (χ3v) is 4.79. The fraction of sp³-hybridized carbons (Fsp3) is 0.625. The van der Waals surface area contributed by atoms with Gasteiger partial charge in [0.2, 0.25) is 0 Å². The van der Waals surface area contributed by atoms with Gasteiger partial charge in [0.1, 0.15) is 0 Å². The number of rotatable bonds is 2. The molecule has 1 atom stereocenters. The molecule has 1 spiro atoms. The summed E-state index contributed by atoms with van der Waals surface area (Å²) in [6, 6.07) is 12.4. The molecule has 98 valence electrons. The Balaban J connectivity index is 1.89. The van der Waals surface area contributed by atoms with Crippen molar-refractivity contribution >= 4 is 0 Å². The zero-order valence-electron chi connectivity index (χ0n) is 11.5. The van der Waals surface area contributed by atoms with E-state index in [0.29, 0.717) is 17.5 Å². The van der Waals surface area contributed by atoms with Crippen LogP contribution in [0, 0.1) is 5.41 Å². The normalized spacial score (nSPS) is 27.4. The number of benzene rings is 1. The first kappa shape index (κ1) is 12.2. The van der Waals surface area contributed by atoms with Gasteiger partial charge in [-0.2, -0.15) is 0 Å². The van der Waals surface area contributed by atoms with Gasteiger partial charge in [-0.15, -0.1) is 0 Å². The van der Waals surface area contributed by atoms with Crippen LogP contribution in [0.25, 0.3) is 0 Å². The van der Waals surface area contributed by atoms with Gasteiger partial charge < -0.3 is 5.32 Å². The Morgan fingerprint density at radius 2 is 1.83 bits per heavy atom. The van der Waals surface area contributed by atoms with Gasteiger partial charge >= 0.3 is 0 Å². The second kappa shape index (κ2) is 4.67. The van der Waals surface area contributed by atoms with Crippen LogP contribution in [0.2, 0.25) is 0 Å². The van der Waals surface area contributed by atoms with E-state index >= 15 is 0 Å². The third-order valence-electron chi connectivity index (χ3n) is 4.79. The molecule has 18 heavy (non-hydrogen) atoms. The molecule has 0 aromatic heterocycles. The van der Waals surface area contributed by atoms with Crippen molar-refractivity contribution in [3.63, 3.8) is 0 Å². The summed E-state index contributed by atoms with van der Waals surface area (Å²) >= 11 is 0. The number of nitrogens with one attached hydrogen (secondary N) is 1. The van der Waals surface area contributed by atoms with Crippen LogP contribution in [0.4, 0.5) is 0 Å². The molecule has 0 amide bonds. The maximum Gasteiger partial charge on any atom is 0.0420 e. The molecule has 2 nitrogen and oxygen atoms in total. The Labute approximate surface area is 110 Å². The summed E-state index contributed by atoms with van der Waals surface area (Å²) < 4.78 is 0. The number of likely N-dealkylation sites (tertiary alicyclic amines) is 1. The first-order valence-corrected chi connectivity index (χ1v) is 7.24. The Hall–Kier alpha value is -0.860. The molecule has 0 aliphatic carbocycles. The van der Waals surface area contributed by atoms with Gasteiger partial charge in [-0.1, -0.05) is 30.3 Å². The van der Waals surface area contributed by atoms with Crippen LogP contribution in [0.1, 0.15) is 38.3 Å². The van der Waals surface area contributed by atoms with E-state index in [1.807, 2.05) is 0 Å². The summed E-state index contributed by atoms with van der Waals surface area (Å²) in [6.07, 6.45) is 2.66. The van der Waals surface area contributed by atoms with Gasteiger partial charge in [-0.05, 0) is 45.3 Å². The van der Waals surface area contributed by atoms with Gasteiger partial charge in [0, 0.05) is 24.0 Å². The van der Waals surface area contributed by atoms with Crippen LogP contribution in [0.5, 0.6) is 0 Å². The Morgan fingerprint density at radius 3 is 2.44 bits per heavy atom. The van der Waals surface area contributed by atoms with E-state index in [4.69, 9.17) is 0 Å². The molecule has 3 rings (SSSR count). The second-order valence-electron chi connectivity index (χ2n) is 6.19. The van der Waals surface area contributed by atoms with Gasteiger partial charge in [0.25, 0.3) is 0 Å². The van der Waals surface area contributed by atoms with E-state index in [1.165, 1.54) is 38.0 Å². The minimum Gasteiger partial charge on any atom is -0.317 e. The largest absolute Gasteiger partial charge is 0.317 e. The van der Waals surface area contributed by atoms with Crippen molar-refractivity contribution < 1.29 is 0 Å². The van der Waals surface area contributed by atoms with Gasteiger partial charge in [0.15, 0.2) is 0 Å². The molecule has 2 fully saturated rings. The number of piperidine rings is 1. The van der Waals surface area contributed by atoms with E-state index in [9.17, 15) is 0 Å². The third kappa shape index (κ3) is 1.88. The monoisotopic (exact) mass is 244 g/mol. The maximum atomic E-state index is 3.51. The Morgan fingerprint density at radius 1 is 1.17 bits per heavy atom. The zero-order valence-corrected chi connectivity index (χ0v) is 11.5. The van der Waals surface area contributed by atoms with Gasteiger partial charge in [0.05, 0.1) is 0 Å². The molecular weight excluding hydrogens is 220 g/mol. The molecule has 1 aromatic rings. The molecule has 1 N–H and O–H groups in total. The number of nitrogens with zero attached hydrogens (tertiary/aromatic N) is 1. The van der Waals surface area contributed by atoms with Gasteiger partial charge in [-0.25, -0.2) is 0 Å². The highest BCUT2D eigenvalue weighted by molar-refractivity contribution is 5.26. The second-order valence-corrected chi connectivity index (χ2v) is 6.19. The Bertz CT molecular complexity index is 393. The first-order chi connectivity index (χ1) is 8.73. The van der Waals surface area contributed by atoms with E-state index < -0.39 is 0 Å². The van der Waals surface area contributed by atoms with Crippen LogP contribution >= 0.6 is 0 Å². The molecule has 2 aliphatic heterocycles. The average molecular weight is 244 g/mol. The van der Waals surface area contributed by atoms with E-state index in [1.54, 1.807) is 0 Å². The lowest BCUT2D eigenvalue weighted by Crippen LogP contribution is -2.63. The average Bonchev–Trinajstić information content (AvgIpc) is 2.38. The molecule has 0 radical (unpaired) electrons. The SMILES string of the molecule is CC(C)N1CC2(CCNCC2)C1c1ccccc1. The van der Waals surface area contributed by atoms with Crippen molar-refractivity contribution in [2.45, 2.75) is 38.8 Å². The molecule has 1 aromatic carbocycles. The molecule has 2 heterocycles. The smallest absolute Gasteiger partial charge is 0.0420 e. The molecule has 2 heteroatoms. The highest BCUT2D eigenvalue weighted by Crippen LogP contribution is 2.54. The van der Waals surface area contributed by atoms with Crippen LogP contribution in [0.3, 0.4) is 0 Å². The lowest BCUT2D eigenvalue weighted by atomic mass is 9.63. The quantitative estimate of drug-likeness (QED) is 0.860. The summed E-state index contributed by atoms with van der Waals surface area (Å²) in [5.41, 5.74) is 2.05. The van der Waals surface area contributed by atoms with Crippen molar-refractivity contribution in [2.24, 2.45) is 5.41 Å². The minimum atomic E-state index is 0.539. The van der Waals surface area contributed by atoms with Crippen molar-refractivity contribution in [2.75, 3.05) is 19.6 Å². The molecule has 2 aliphatic rings. The predicted molar refractivity (Wildman–Crippen MR) is 75.6 cm³/mol. The molecule has 0 bridgehead atoms. The Kier molecular flexibility index (Phi) is 3.16. The molecule has 2 saturated heterocycles. The fourth-order valence-corrected chi connectivity index (χ4v) is 3.80. The van der Waals surface area contributed by atoms with Crippen molar-refractivity contribution in [1.29, 1.82) is 0 Å². The van der Waals surface area contributed by atoms with Gasteiger partial charge in [-0.3, -0.25) is 4.90 Å². The van der Waals surface area contributed by atoms with Crippen LogP contribution in [0.15, 0.2) is 30.3 Å². The van der Waals surface area contributed by atoms with Crippen LogP contribution < -0.4 is 5.32 Å². The molecule has 1 unspecified atom stereocenters. The van der Waals surface area contributed by atoms with Crippen molar-refractivity contribution in [3.8, 4) is 0 Å². The summed E-state index contributed by atoms with van der Waals surface area (Å²) in [5.74, 6) is 0. The fourth-order valence-electron chi connectivity index (χ4n) is 3.80. The standard InChI is InChI=1S/C16H24N2/c1-13(2)18-12-16(8-10-17-11-9-16)15(18)14-6-4-3-5-7-14/h3-7,13,15,17H,8-12H2,1-2H3. The van der Waals surface area contributed by atoms with E-state index in [2.05, 4.69) is 54.4 Å². The van der Waals surface area contributed by atoms with Crippen molar-refractivity contribution in [3.05, 3.63) is 35.9 Å². The van der Waals surface area contributed by atoms with Crippen molar-refractivity contribution in [1.82, 2.24) is 10.2 Å². The summed E-state index contributed by atoms with van der Waals surface area (Å²) in [7, 11) is 0. The van der Waals surface area contributed by atoms with E-state index in [0.717, 1.165) is 0 Å². The van der Waals surface area contributed by atoms with Crippen LogP contribution in [-0.4, -0.2) is 30.6 Å². The minimum absolute atomic E-state index is 0.539. The van der Waals surface area contributed by atoms with E-state index in [-0.39, 0.29) is 0 Å². The highest BCUT2D eigenvalue weighted by Gasteiger charge is 2.53. The summed E-state index contributed by atoms with van der Waals surface area (Å²) in [6.45, 7) is 8.31. The lowest BCUT2D eigenvalue weighted by molar-refractivity contribution is -0.113. The zero-order chi connectivity index (χ0) is 12.6. The maximum absolute atomic E-state index is 3.51. The molecule has 0 saturated carbocycles. The topological polar surface area (TPSA) is 15.3 Å². The van der Waals surface area contributed by atoms with Crippen LogP contribution in [-0.2, 0) is 0 Å². The summed E-state index contributed by atoms with van der Waals surface area (Å²) in [4.78, 5) is 2.67. The number of hydrogen-bond donors (Lipinski definition) is 1. The molecular formula is C16H24N2.